The molecule has 8 nitrogen and oxygen atoms in total. The molecule has 176 valence electrons. The number of carbonyl (C=O) groups is 1. The minimum absolute atomic E-state index is 0.00975. The van der Waals surface area contributed by atoms with Crippen molar-refractivity contribution >= 4 is 16.9 Å². The number of rotatable bonds is 7. The second-order valence-electron chi connectivity index (χ2n) is 8.57. The molecular formula is C26H28N4O4. The lowest BCUT2D eigenvalue weighted by molar-refractivity contribution is 0.0507. The summed E-state index contributed by atoms with van der Waals surface area (Å²) in [5.41, 5.74) is 3.49. The third-order valence-electron chi connectivity index (χ3n) is 6.26. The second-order valence-corrected chi connectivity index (χ2v) is 8.57. The van der Waals surface area contributed by atoms with E-state index in [1.54, 1.807) is 18.1 Å². The van der Waals surface area contributed by atoms with Crippen molar-refractivity contribution in [3.63, 3.8) is 0 Å². The van der Waals surface area contributed by atoms with Gasteiger partial charge in [0.1, 0.15) is 11.4 Å². The number of furan rings is 1. The van der Waals surface area contributed by atoms with Crippen LogP contribution in [0.2, 0.25) is 0 Å². The number of carbonyl (C=O) groups excluding carboxylic acids is 1. The standard InChI is InChI=1S/C26H28N4O4/c1-17-24-20(14-21(23-11-7-13-34-23)27-25(24)29(2)28-17)26(31)30(16-19-9-6-12-33-19)15-18-8-4-5-10-22(18)32-3/h4-5,7-8,10-11,13-14,19H,6,9,12,15-16H2,1-3H3. The molecule has 4 aromatic rings. The van der Waals surface area contributed by atoms with Crippen molar-refractivity contribution in [1.29, 1.82) is 0 Å². The number of ether oxygens (including phenoxy) is 2. The van der Waals surface area contributed by atoms with Crippen molar-refractivity contribution in [2.75, 3.05) is 20.3 Å². The molecule has 8 heteroatoms. The summed E-state index contributed by atoms with van der Waals surface area (Å²) < 4.78 is 18.7. The van der Waals surface area contributed by atoms with Crippen molar-refractivity contribution in [1.82, 2.24) is 19.7 Å². The molecule has 3 aromatic heterocycles. The first-order valence-corrected chi connectivity index (χ1v) is 11.5. The maximum Gasteiger partial charge on any atom is 0.255 e. The number of fused-ring (bicyclic) bond motifs is 1. The number of methoxy groups -OCH3 is 1. The van der Waals surface area contributed by atoms with Gasteiger partial charge in [0.05, 0.1) is 36.1 Å². The summed E-state index contributed by atoms with van der Waals surface area (Å²) in [7, 11) is 3.48. The Labute approximate surface area is 198 Å². The van der Waals surface area contributed by atoms with Crippen LogP contribution in [0.25, 0.3) is 22.5 Å². The Morgan fingerprint density at radius 3 is 2.85 bits per heavy atom. The first-order valence-electron chi connectivity index (χ1n) is 11.5. The van der Waals surface area contributed by atoms with E-state index in [9.17, 15) is 4.79 Å². The SMILES string of the molecule is COc1ccccc1CN(CC1CCCO1)C(=O)c1cc(-c2ccco2)nc2c1c(C)nn2C. The zero-order valence-corrected chi connectivity index (χ0v) is 19.7. The number of hydrogen-bond donors (Lipinski definition) is 0. The van der Waals surface area contributed by atoms with Crippen molar-refractivity contribution in [2.24, 2.45) is 7.05 Å². The van der Waals surface area contributed by atoms with Crippen LogP contribution in [0.4, 0.5) is 0 Å². The molecule has 0 N–H and O–H groups in total. The Hall–Kier alpha value is -3.65. The van der Waals surface area contributed by atoms with Gasteiger partial charge in [-0.05, 0) is 44.0 Å². The van der Waals surface area contributed by atoms with Gasteiger partial charge in [-0.2, -0.15) is 5.10 Å². The topological polar surface area (TPSA) is 82.6 Å². The average molecular weight is 461 g/mol. The molecule has 0 radical (unpaired) electrons. The Balaban J connectivity index is 1.60. The van der Waals surface area contributed by atoms with Gasteiger partial charge in [-0.25, -0.2) is 4.98 Å². The van der Waals surface area contributed by atoms with Crippen LogP contribution < -0.4 is 4.74 Å². The summed E-state index contributed by atoms with van der Waals surface area (Å²) in [6.07, 6.45) is 3.55. The first-order chi connectivity index (χ1) is 16.5. The number of pyridine rings is 1. The highest BCUT2D eigenvalue weighted by atomic mass is 16.5. The maximum absolute atomic E-state index is 14.2. The van der Waals surface area contributed by atoms with E-state index in [-0.39, 0.29) is 12.0 Å². The number of aromatic nitrogens is 3. The number of amides is 1. The molecule has 1 unspecified atom stereocenters. The van der Waals surface area contributed by atoms with Crippen molar-refractivity contribution in [2.45, 2.75) is 32.4 Å². The van der Waals surface area contributed by atoms with Crippen LogP contribution in [0, 0.1) is 6.92 Å². The lowest BCUT2D eigenvalue weighted by Crippen LogP contribution is -2.37. The third-order valence-corrected chi connectivity index (χ3v) is 6.26. The minimum atomic E-state index is -0.0993. The van der Waals surface area contributed by atoms with Crippen LogP contribution in [-0.4, -0.2) is 51.9 Å². The molecule has 4 heterocycles. The predicted octanol–water partition coefficient (Wildman–Crippen LogP) is 4.37. The molecule has 1 aliphatic rings. The summed E-state index contributed by atoms with van der Waals surface area (Å²) >= 11 is 0. The van der Waals surface area contributed by atoms with Gasteiger partial charge in [-0.1, -0.05) is 18.2 Å². The second kappa shape index (κ2) is 9.30. The van der Waals surface area contributed by atoms with E-state index in [0.717, 1.165) is 41.8 Å². The number of nitrogens with zero attached hydrogens (tertiary/aromatic N) is 4. The smallest absolute Gasteiger partial charge is 0.255 e. The summed E-state index contributed by atoms with van der Waals surface area (Å²) in [6.45, 7) is 3.53. The first kappa shape index (κ1) is 22.2. The Bertz CT molecular complexity index is 1310. The van der Waals surface area contributed by atoms with Gasteiger partial charge in [0, 0.05) is 32.3 Å². The van der Waals surface area contributed by atoms with Crippen LogP contribution in [0.15, 0.2) is 53.1 Å². The summed E-state index contributed by atoms with van der Waals surface area (Å²) in [4.78, 5) is 20.8. The summed E-state index contributed by atoms with van der Waals surface area (Å²) in [6, 6.07) is 13.2. The number of benzene rings is 1. The highest BCUT2D eigenvalue weighted by Crippen LogP contribution is 2.30. The van der Waals surface area contributed by atoms with Crippen LogP contribution >= 0.6 is 0 Å². The largest absolute Gasteiger partial charge is 0.496 e. The zero-order valence-electron chi connectivity index (χ0n) is 19.7. The molecule has 1 aliphatic heterocycles. The molecule has 1 saturated heterocycles. The quantitative estimate of drug-likeness (QED) is 0.407. The van der Waals surface area contributed by atoms with Crippen LogP contribution in [0.1, 0.15) is 34.5 Å². The molecule has 1 amide bonds. The Morgan fingerprint density at radius 1 is 1.26 bits per heavy atom. The monoisotopic (exact) mass is 460 g/mol. The number of aryl methyl sites for hydroxylation is 2. The lowest BCUT2D eigenvalue weighted by atomic mass is 10.1. The van der Waals surface area contributed by atoms with Gasteiger partial charge in [0.25, 0.3) is 5.91 Å². The van der Waals surface area contributed by atoms with Gasteiger partial charge in [-0.15, -0.1) is 0 Å². The fourth-order valence-electron chi connectivity index (χ4n) is 4.63. The fraction of sp³-hybridized carbons (Fsp3) is 0.346. The molecule has 5 rings (SSSR count). The lowest BCUT2D eigenvalue weighted by Gasteiger charge is -2.27. The molecule has 1 fully saturated rings. The predicted molar refractivity (Wildman–Crippen MR) is 128 cm³/mol. The van der Waals surface area contributed by atoms with Gasteiger partial charge in [0.2, 0.25) is 0 Å². The minimum Gasteiger partial charge on any atom is -0.496 e. The van der Waals surface area contributed by atoms with Crippen LogP contribution in [0.3, 0.4) is 0 Å². The zero-order chi connectivity index (χ0) is 23.7. The van der Waals surface area contributed by atoms with Crippen LogP contribution in [0.5, 0.6) is 5.75 Å². The van der Waals surface area contributed by atoms with E-state index < -0.39 is 0 Å². The molecular weight excluding hydrogens is 432 g/mol. The van der Waals surface area contributed by atoms with E-state index >= 15 is 0 Å². The fourth-order valence-corrected chi connectivity index (χ4v) is 4.63. The van der Waals surface area contributed by atoms with E-state index in [0.29, 0.717) is 35.8 Å². The Kier molecular flexibility index (Phi) is 6.06. The highest BCUT2D eigenvalue weighted by Gasteiger charge is 2.28. The molecule has 0 aliphatic carbocycles. The molecule has 0 bridgehead atoms. The highest BCUT2D eigenvalue weighted by molar-refractivity contribution is 6.07. The van der Waals surface area contributed by atoms with Gasteiger partial charge >= 0.3 is 0 Å². The molecule has 0 spiro atoms. The van der Waals surface area contributed by atoms with Gasteiger partial charge in [-0.3, -0.25) is 9.48 Å². The van der Waals surface area contributed by atoms with Crippen LogP contribution in [-0.2, 0) is 18.3 Å². The summed E-state index contributed by atoms with van der Waals surface area (Å²) in [5, 5.41) is 5.29. The number of hydrogen-bond acceptors (Lipinski definition) is 6. The molecule has 1 atom stereocenters. The third kappa shape index (κ3) is 4.17. The number of para-hydroxylation sites is 1. The maximum atomic E-state index is 14.2. The van der Waals surface area contributed by atoms with E-state index in [1.165, 1.54) is 0 Å². The van der Waals surface area contributed by atoms with E-state index in [1.807, 2.05) is 61.3 Å². The van der Waals surface area contributed by atoms with E-state index in [4.69, 9.17) is 18.9 Å². The molecule has 34 heavy (non-hydrogen) atoms. The molecule has 0 saturated carbocycles. The Morgan fingerprint density at radius 2 is 2.12 bits per heavy atom. The van der Waals surface area contributed by atoms with Crippen molar-refractivity contribution in [3.8, 4) is 17.2 Å². The van der Waals surface area contributed by atoms with Gasteiger partial charge < -0.3 is 18.8 Å². The van der Waals surface area contributed by atoms with Crippen molar-refractivity contribution in [3.05, 3.63) is 65.5 Å². The van der Waals surface area contributed by atoms with E-state index in [2.05, 4.69) is 5.10 Å². The summed E-state index contributed by atoms with van der Waals surface area (Å²) in [5.74, 6) is 1.25. The van der Waals surface area contributed by atoms with Gasteiger partial charge in [0.15, 0.2) is 11.4 Å². The average Bonchev–Trinajstić information content (AvgIpc) is 3.61. The van der Waals surface area contributed by atoms with Crippen molar-refractivity contribution < 1.29 is 18.7 Å². The molecule has 1 aromatic carbocycles. The normalized spacial score (nSPS) is 15.7.